The van der Waals surface area contributed by atoms with Crippen LogP contribution in [-0.4, -0.2) is 37.2 Å². The molecule has 0 saturated carbocycles. The number of aliphatic hydroxyl groups excluding tert-OH is 1. The Morgan fingerprint density at radius 3 is 2.39 bits per heavy atom. The van der Waals surface area contributed by atoms with Crippen LogP contribution in [0.1, 0.15) is 28.8 Å². The second-order valence-corrected chi connectivity index (χ2v) is 5.58. The van der Waals surface area contributed by atoms with E-state index < -0.39 is 33.5 Å². The summed E-state index contributed by atoms with van der Waals surface area (Å²) in [5, 5.41) is 17.8. The first-order chi connectivity index (χ1) is 8.20. The lowest BCUT2D eigenvalue weighted by Crippen LogP contribution is -2.35. The highest BCUT2D eigenvalue weighted by molar-refractivity contribution is 7.89. The van der Waals surface area contributed by atoms with Crippen LogP contribution in [-0.2, 0) is 10.0 Å². The first-order valence-corrected chi connectivity index (χ1v) is 6.65. The number of carboxylic acids is 1. The lowest BCUT2D eigenvalue weighted by atomic mass is 10.2. The van der Waals surface area contributed by atoms with E-state index in [1.807, 2.05) is 0 Å². The molecule has 0 saturated heterocycles. The van der Waals surface area contributed by atoms with Crippen molar-refractivity contribution in [3.63, 3.8) is 0 Å². The Morgan fingerprint density at radius 2 is 1.94 bits per heavy atom. The molecule has 0 amide bonds. The summed E-state index contributed by atoms with van der Waals surface area (Å²) in [4.78, 5) is 10.7. The van der Waals surface area contributed by atoms with Crippen LogP contribution in [0.4, 0.5) is 0 Å². The molecule has 1 aromatic heterocycles. The second kappa shape index (κ2) is 5.09. The van der Waals surface area contributed by atoms with E-state index in [0.29, 0.717) is 0 Å². The van der Waals surface area contributed by atoms with Gasteiger partial charge in [-0.15, -0.1) is 0 Å². The fraction of sp³-hybridized carbons (Fsp3) is 0.500. The predicted molar refractivity (Wildman–Crippen MR) is 62.0 cm³/mol. The summed E-state index contributed by atoms with van der Waals surface area (Å²) in [6.07, 6.45) is 0. The van der Waals surface area contributed by atoms with Crippen molar-refractivity contribution in [1.29, 1.82) is 0 Å². The molecule has 0 bridgehead atoms. The van der Waals surface area contributed by atoms with Crippen LogP contribution in [0.5, 0.6) is 0 Å². The SMILES string of the molecule is Cc1oc(C)c(S(=O)(=O)N[C@@H](C)CO)c1C(=O)O. The van der Waals surface area contributed by atoms with Crippen LogP contribution in [0.15, 0.2) is 9.31 Å². The zero-order valence-corrected chi connectivity index (χ0v) is 11.0. The second-order valence-electron chi connectivity index (χ2n) is 3.93. The first kappa shape index (κ1) is 14.7. The van der Waals surface area contributed by atoms with Gasteiger partial charge in [-0.1, -0.05) is 0 Å². The fourth-order valence-corrected chi connectivity index (χ4v) is 3.24. The van der Waals surface area contributed by atoms with E-state index >= 15 is 0 Å². The van der Waals surface area contributed by atoms with Gasteiger partial charge in [-0.05, 0) is 20.8 Å². The third-order valence-electron chi connectivity index (χ3n) is 2.32. The van der Waals surface area contributed by atoms with Crippen molar-refractivity contribution >= 4 is 16.0 Å². The maximum Gasteiger partial charge on any atom is 0.340 e. The number of nitrogens with one attached hydrogen (secondary N) is 1. The normalized spacial score (nSPS) is 13.6. The fourth-order valence-electron chi connectivity index (χ4n) is 1.60. The highest BCUT2D eigenvalue weighted by atomic mass is 32.2. The monoisotopic (exact) mass is 277 g/mol. The van der Waals surface area contributed by atoms with Gasteiger partial charge in [-0.3, -0.25) is 0 Å². The van der Waals surface area contributed by atoms with Crippen molar-refractivity contribution in [3.05, 3.63) is 17.1 Å². The number of aryl methyl sites for hydroxylation is 2. The quantitative estimate of drug-likeness (QED) is 0.710. The van der Waals surface area contributed by atoms with Crippen molar-refractivity contribution in [3.8, 4) is 0 Å². The molecule has 0 spiro atoms. The van der Waals surface area contributed by atoms with Crippen molar-refractivity contribution in [2.45, 2.75) is 31.7 Å². The largest absolute Gasteiger partial charge is 0.478 e. The van der Waals surface area contributed by atoms with Crippen LogP contribution >= 0.6 is 0 Å². The van der Waals surface area contributed by atoms with Gasteiger partial charge in [0.15, 0.2) is 0 Å². The molecule has 0 radical (unpaired) electrons. The number of furan rings is 1. The molecule has 1 heterocycles. The molecule has 1 rings (SSSR count). The summed E-state index contributed by atoms with van der Waals surface area (Å²) in [5.74, 6) is -1.35. The van der Waals surface area contributed by atoms with Gasteiger partial charge >= 0.3 is 5.97 Å². The number of aliphatic hydroxyl groups is 1. The maximum absolute atomic E-state index is 12.0. The summed E-state index contributed by atoms with van der Waals surface area (Å²) >= 11 is 0. The highest BCUT2D eigenvalue weighted by Gasteiger charge is 2.31. The Bertz CT molecular complexity index is 559. The summed E-state index contributed by atoms with van der Waals surface area (Å²) < 4.78 is 31.2. The number of carboxylic acid groups (broad SMARTS) is 1. The number of aromatic carboxylic acids is 1. The number of hydrogen-bond donors (Lipinski definition) is 3. The lowest BCUT2D eigenvalue weighted by Gasteiger charge is -2.11. The summed E-state index contributed by atoms with van der Waals surface area (Å²) in [6.45, 7) is 3.82. The highest BCUT2D eigenvalue weighted by Crippen LogP contribution is 2.26. The minimum atomic E-state index is -4.04. The molecular weight excluding hydrogens is 262 g/mol. The third kappa shape index (κ3) is 2.71. The average Bonchev–Trinajstić information content (AvgIpc) is 2.53. The minimum Gasteiger partial charge on any atom is -0.478 e. The van der Waals surface area contributed by atoms with E-state index in [1.165, 1.54) is 20.8 Å². The molecule has 8 heteroatoms. The predicted octanol–water partition coefficient (Wildman–Crippen LogP) is 0.254. The Hall–Kier alpha value is -1.38. The number of rotatable bonds is 5. The van der Waals surface area contributed by atoms with Gasteiger partial charge in [0.1, 0.15) is 22.0 Å². The third-order valence-corrected chi connectivity index (χ3v) is 4.06. The van der Waals surface area contributed by atoms with Gasteiger partial charge in [0, 0.05) is 6.04 Å². The summed E-state index contributed by atoms with van der Waals surface area (Å²) in [5.41, 5.74) is -0.384. The van der Waals surface area contributed by atoms with Gasteiger partial charge in [0.05, 0.1) is 6.61 Å². The van der Waals surface area contributed by atoms with Gasteiger partial charge < -0.3 is 14.6 Å². The minimum absolute atomic E-state index is 0.00235. The molecule has 102 valence electrons. The molecule has 0 aromatic carbocycles. The lowest BCUT2D eigenvalue weighted by molar-refractivity contribution is 0.0691. The molecule has 18 heavy (non-hydrogen) atoms. The molecule has 1 atom stereocenters. The molecule has 0 aliphatic heterocycles. The zero-order chi connectivity index (χ0) is 14.1. The Labute approximate surface area is 104 Å². The van der Waals surface area contributed by atoms with E-state index in [4.69, 9.17) is 14.6 Å². The van der Waals surface area contributed by atoms with E-state index in [-0.39, 0.29) is 17.1 Å². The van der Waals surface area contributed by atoms with Crippen LogP contribution in [0.25, 0.3) is 0 Å². The van der Waals surface area contributed by atoms with Gasteiger partial charge in [-0.2, -0.15) is 0 Å². The number of hydrogen-bond acceptors (Lipinski definition) is 5. The van der Waals surface area contributed by atoms with Gasteiger partial charge in [0.25, 0.3) is 0 Å². The van der Waals surface area contributed by atoms with Crippen molar-refractivity contribution in [2.75, 3.05) is 6.61 Å². The van der Waals surface area contributed by atoms with Gasteiger partial charge in [-0.25, -0.2) is 17.9 Å². The van der Waals surface area contributed by atoms with Crippen LogP contribution in [0.2, 0.25) is 0 Å². The van der Waals surface area contributed by atoms with E-state index in [9.17, 15) is 13.2 Å². The Morgan fingerprint density at radius 1 is 1.39 bits per heavy atom. The zero-order valence-electron chi connectivity index (χ0n) is 10.2. The standard InChI is InChI=1S/C10H15NO6S/c1-5(4-12)11-18(15,16)9-7(3)17-6(2)8(9)10(13)14/h5,11-12H,4H2,1-3H3,(H,13,14)/t5-/m0/s1. The Kier molecular flexibility index (Phi) is 4.15. The topological polar surface area (TPSA) is 117 Å². The van der Waals surface area contributed by atoms with Crippen LogP contribution in [0, 0.1) is 13.8 Å². The first-order valence-electron chi connectivity index (χ1n) is 5.17. The molecular formula is C10H15NO6S. The van der Waals surface area contributed by atoms with Crippen molar-refractivity contribution < 1.29 is 27.8 Å². The number of sulfonamides is 1. The van der Waals surface area contributed by atoms with Crippen molar-refractivity contribution in [1.82, 2.24) is 4.72 Å². The van der Waals surface area contributed by atoms with Crippen LogP contribution < -0.4 is 4.72 Å². The smallest absolute Gasteiger partial charge is 0.340 e. The molecule has 0 unspecified atom stereocenters. The van der Waals surface area contributed by atoms with Crippen molar-refractivity contribution in [2.24, 2.45) is 0 Å². The van der Waals surface area contributed by atoms with Crippen LogP contribution in [0.3, 0.4) is 0 Å². The van der Waals surface area contributed by atoms with E-state index in [1.54, 1.807) is 0 Å². The number of carbonyl (C=O) groups is 1. The molecule has 0 aliphatic carbocycles. The van der Waals surface area contributed by atoms with E-state index in [0.717, 1.165) is 0 Å². The molecule has 0 aliphatic rings. The average molecular weight is 277 g/mol. The van der Waals surface area contributed by atoms with E-state index in [2.05, 4.69) is 4.72 Å². The Balaban J connectivity index is 3.37. The molecule has 7 nitrogen and oxygen atoms in total. The molecule has 1 aromatic rings. The molecule has 0 fully saturated rings. The maximum atomic E-state index is 12.0. The summed E-state index contributed by atoms with van der Waals surface area (Å²) in [6, 6.07) is -0.716. The van der Waals surface area contributed by atoms with Gasteiger partial charge in [0.2, 0.25) is 10.0 Å². The summed E-state index contributed by atoms with van der Waals surface area (Å²) in [7, 11) is -4.04. The molecule has 3 N–H and O–H groups in total.